The largest absolute Gasteiger partial charge is 0.481 e. The number of aliphatic carboxylic acids is 1. The van der Waals surface area contributed by atoms with Gasteiger partial charge < -0.3 is 5.11 Å². The van der Waals surface area contributed by atoms with Crippen LogP contribution in [-0.4, -0.2) is 32.2 Å². The number of aromatic nitrogens is 3. The van der Waals surface area contributed by atoms with Crippen molar-refractivity contribution in [1.29, 1.82) is 0 Å². The number of hydrogen-bond acceptors (Lipinski definition) is 5. The summed E-state index contributed by atoms with van der Waals surface area (Å²) in [6, 6.07) is 5.18. The second-order valence-corrected chi connectivity index (χ2v) is 5.20. The molecule has 8 heteroatoms. The molecule has 0 radical (unpaired) electrons. The number of H-pyrrole nitrogens is 1. The number of nitrogens with one attached hydrogen (secondary N) is 2. The molecule has 3 N–H and O–H groups in total. The van der Waals surface area contributed by atoms with Gasteiger partial charge in [0.05, 0.1) is 23.8 Å². The highest BCUT2D eigenvalue weighted by molar-refractivity contribution is 7.14. The maximum Gasteiger partial charge on any atom is 0.309 e. The molecule has 3 rings (SSSR count). The molecule has 3 aromatic rings. The fraction of sp³-hybridized carbons (Fsp3) is 0.0769. The topological polar surface area (TPSA) is 108 Å². The van der Waals surface area contributed by atoms with Crippen molar-refractivity contribution in [3.63, 3.8) is 0 Å². The Labute approximate surface area is 122 Å². The third-order valence-corrected chi connectivity index (χ3v) is 3.61. The van der Waals surface area contributed by atoms with Gasteiger partial charge in [-0.1, -0.05) is 0 Å². The molecule has 1 aromatic carbocycles. The van der Waals surface area contributed by atoms with Crippen molar-refractivity contribution in [3.05, 3.63) is 41.0 Å². The van der Waals surface area contributed by atoms with E-state index in [0.29, 0.717) is 16.4 Å². The maximum absolute atomic E-state index is 12.1. The zero-order chi connectivity index (χ0) is 14.8. The highest BCUT2D eigenvalue weighted by Crippen LogP contribution is 2.18. The lowest BCUT2D eigenvalue weighted by Crippen LogP contribution is -2.11. The van der Waals surface area contributed by atoms with E-state index in [1.165, 1.54) is 11.3 Å². The standard InChI is InChI=1S/C13H10N4O3S/c18-11(19)4-9-6-21-13(15-9)16-12(20)7-1-2-10-8(3-7)5-14-17-10/h1-3,5-6H,4H2,(H,14,17)(H,18,19)(H,15,16,20). The van der Waals surface area contributed by atoms with Crippen molar-refractivity contribution in [2.45, 2.75) is 6.42 Å². The number of carboxylic acids is 1. The van der Waals surface area contributed by atoms with Gasteiger partial charge in [-0.25, -0.2) is 4.98 Å². The summed E-state index contributed by atoms with van der Waals surface area (Å²) >= 11 is 1.19. The first-order valence-corrected chi connectivity index (χ1v) is 6.90. The van der Waals surface area contributed by atoms with Crippen molar-refractivity contribution in [2.24, 2.45) is 0 Å². The zero-order valence-electron chi connectivity index (χ0n) is 10.7. The minimum atomic E-state index is -0.955. The van der Waals surface area contributed by atoms with Gasteiger partial charge in [0.1, 0.15) is 0 Å². The van der Waals surface area contributed by atoms with E-state index in [2.05, 4.69) is 20.5 Å². The van der Waals surface area contributed by atoms with Gasteiger partial charge in [0.2, 0.25) is 0 Å². The van der Waals surface area contributed by atoms with Crippen LogP contribution in [0, 0.1) is 0 Å². The van der Waals surface area contributed by atoms with Crippen LogP contribution in [0.3, 0.4) is 0 Å². The smallest absolute Gasteiger partial charge is 0.309 e. The highest BCUT2D eigenvalue weighted by Gasteiger charge is 2.11. The predicted molar refractivity (Wildman–Crippen MR) is 77.5 cm³/mol. The van der Waals surface area contributed by atoms with Crippen molar-refractivity contribution in [1.82, 2.24) is 15.2 Å². The average Bonchev–Trinajstić information content (AvgIpc) is 3.06. The van der Waals surface area contributed by atoms with Crippen LogP contribution in [0.2, 0.25) is 0 Å². The minimum Gasteiger partial charge on any atom is -0.481 e. The van der Waals surface area contributed by atoms with Gasteiger partial charge in [0.25, 0.3) is 5.91 Å². The lowest BCUT2D eigenvalue weighted by molar-refractivity contribution is -0.136. The molecule has 21 heavy (non-hydrogen) atoms. The molecule has 0 aliphatic heterocycles. The van der Waals surface area contributed by atoms with Crippen LogP contribution in [-0.2, 0) is 11.2 Å². The summed E-state index contributed by atoms with van der Waals surface area (Å²) < 4.78 is 0. The summed E-state index contributed by atoms with van der Waals surface area (Å²) in [5.74, 6) is -1.25. The van der Waals surface area contributed by atoms with E-state index in [0.717, 1.165) is 10.9 Å². The number of nitrogens with zero attached hydrogens (tertiary/aromatic N) is 2. The Bertz CT molecular complexity index is 824. The van der Waals surface area contributed by atoms with Crippen LogP contribution >= 0.6 is 11.3 Å². The number of thiazole rings is 1. The van der Waals surface area contributed by atoms with E-state index in [1.54, 1.807) is 29.8 Å². The van der Waals surface area contributed by atoms with Crippen molar-refractivity contribution >= 4 is 39.2 Å². The molecule has 0 atom stereocenters. The Hall–Kier alpha value is -2.74. The molecule has 106 valence electrons. The summed E-state index contributed by atoms with van der Waals surface area (Å²) in [6.45, 7) is 0. The number of benzene rings is 1. The van der Waals surface area contributed by atoms with E-state index in [9.17, 15) is 9.59 Å². The molecule has 0 bridgehead atoms. The van der Waals surface area contributed by atoms with Crippen LogP contribution < -0.4 is 5.32 Å². The van der Waals surface area contributed by atoms with Crippen LogP contribution in [0.1, 0.15) is 16.1 Å². The van der Waals surface area contributed by atoms with Crippen LogP contribution in [0.5, 0.6) is 0 Å². The van der Waals surface area contributed by atoms with E-state index >= 15 is 0 Å². The predicted octanol–water partition coefficient (Wildman–Crippen LogP) is 1.90. The SMILES string of the molecule is O=C(O)Cc1csc(NC(=O)c2ccc3[nH]ncc3c2)n1. The van der Waals surface area contributed by atoms with E-state index in [1.807, 2.05) is 0 Å². The van der Waals surface area contributed by atoms with Gasteiger partial charge in [0.15, 0.2) is 5.13 Å². The van der Waals surface area contributed by atoms with Crippen LogP contribution in [0.15, 0.2) is 29.8 Å². The second-order valence-electron chi connectivity index (χ2n) is 4.34. The fourth-order valence-electron chi connectivity index (χ4n) is 1.85. The molecule has 2 aromatic heterocycles. The first-order chi connectivity index (χ1) is 10.1. The van der Waals surface area contributed by atoms with E-state index in [4.69, 9.17) is 5.11 Å². The monoisotopic (exact) mass is 302 g/mol. The van der Waals surface area contributed by atoms with E-state index in [-0.39, 0.29) is 12.3 Å². The van der Waals surface area contributed by atoms with Crippen LogP contribution in [0.25, 0.3) is 10.9 Å². The summed E-state index contributed by atoms with van der Waals surface area (Å²) in [4.78, 5) is 26.8. The Balaban J connectivity index is 1.76. The molecule has 0 aliphatic carbocycles. The third-order valence-electron chi connectivity index (χ3n) is 2.81. The Morgan fingerprint density at radius 3 is 3.05 bits per heavy atom. The van der Waals surface area contributed by atoms with Gasteiger partial charge in [-0.15, -0.1) is 11.3 Å². The lowest BCUT2D eigenvalue weighted by Gasteiger charge is -2.01. The molecular formula is C13H10N4O3S. The van der Waals surface area contributed by atoms with Gasteiger partial charge >= 0.3 is 5.97 Å². The Morgan fingerprint density at radius 1 is 1.38 bits per heavy atom. The van der Waals surface area contributed by atoms with Crippen molar-refractivity contribution in [2.75, 3.05) is 5.32 Å². The van der Waals surface area contributed by atoms with Gasteiger partial charge in [0, 0.05) is 16.3 Å². The van der Waals surface area contributed by atoms with Crippen LogP contribution in [0.4, 0.5) is 5.13 Å². The number of fused-ring (bicyclic) bond motifs is 1. The Morgan fingerprint density at radius 2 is 2.24 bits per heavy atom. The average molecular weight is 302 g/mol. The highest BCUT2D eigenvalue weighted by atomic mass is 32.1. The lowest BCUT2D eigenvalue weighted by atomic mass is 10.1. The van der Waals surface area contributed by atoms with Gasteiger partial charge in [-0.05, 0) is 18.2 Å². The molecule has 0 saturated heterocycles. The zero-order valence-corrected chi connectivity index (χ0v) is 11.5. The number of aromatic amines is 1. The summed E-state index contributed by atoms with van der Waals surface area (Å²) in [5.41, 5.74) is 1.76. The molecular weight excluding hydrogens is 292 g/mol. The molecule has 0 saturated carbocycles. The molecule has 0 fully saturated rings. The van der Waals surface area contributed by atoms with Crippen molar-refractivity contribution in [3.8, 4) is 0 Å². The summed E-state index contributed by atoms with van der Waals surface area (Å²) in [7, 11) is 0. The molecule has 2 heterocycles. The fourth-order valence-corrected chi connectivity index (χ4v) is 2.56. The third kappa shape index (κ3) is 2.90. The number of hydrogen-bond donors (Lipinski definition) is 3. The number of carbonyl (C=O) groups is 2. The molecule has 0 unspecified atom stereocenters. The van der Waals surface area contributed by atoms with Crippen molar-refractivity contribution < 1.29 is 14.7 Å². The van der Waals surface area contributed by atoms with E-state index < -0.39 is 5.97 Å². The number of amides is 1. The molecule has 1 amide bonds. The van der Waals surface area contributed by atoms with Gasteiger partial charge in [-0.3, -0.25) is 20.0 Å². The first-order valence-electron chi connectivity index (χ1n) is 6.02. The maximum atomic E-state index is 12.1. The first kappa shape index (κ1) is 13.3. The normalized spacial score (nSPS) is 10.7. The number of rotatable bonds is 4. The number of carboxylic acid groups (broad SMARTS) is 1. The second kappa shape index (κ2) is 5.33. The summed E-state index contributed by atoms with van der Waals surface area (Å²) in [5, 5.41) is 20.9. The van der Waals surface area contributed by atoms with Gasteiger partial charge in [-0.2, -0.15) is 5.10 Å². The Kier molecular flexibility index (Phi) is 3.36. The summed E-state index contributed by atoms with van der Waals surface area (Å²) in [6.07, 6.45) is 1.48. The quantitative estimate of drug-likeness (QED) is 0.682. The minimum absolute atomic E-state index is 0.159. The molecule has 0 spiro atoms. The molecule has 0 aliphatic rings. The number of anilines is 1. The molecule has 7 nitrogen and oxygen atoms in total. The number of carbonyl (C=O) groups excluding carboxylic acids is 1.